The normalized spacial score (nSPS) is 12.4. The van der Waals surface area contributed by atoms with Gasteiger partial charge in [0.25, 0.3) is 0 Å². The van der Waals surface area contributed by atoms with Crippen molar-refractivity contribution in [2.45, 2.75) is 71.7 Å². The summed E-state index contributed by atoms with van der Waals surface area (Å²) in [5.41, 5.74) is 4.53. The van der Waals surface area contributed by atoms with Gasteiger partial charge in [0.05, 0.1) is 6.10 Å². The molecule has 6 aromatic rings. The van der Waals surface area contributed by atoms with Gasteiger partial charge in [-0.25, -0.2) is 4.79 Å². The van der Waals surface area contributed by atoms with Crippen LogP contribution in [0.3, 0.4) is 0 Å². The zero-order valence-corrected chi connectivity index (χ0v) is 31.7. The van der Waals surface area contributed by atoms with Crippen molar-refractivity contribution in [3.63, 3.8) is 0 Å². The molecule has 0 N–H and O–H groups in total. The van der Waals surface area contributed by atoms with Gasteiger partial charge >= 0.3 is 5.97 Å². The Morgan fingerprint density at radius 3 is 1.71 bits per heavy atom. The predicted octanol–water partition coefficient (Wildman–Crippen LogP) is 11.7. The van der Waals surface area contributed by atoms with Crippen LogP contribution in [-0.4, -0.2) is 37.0 Å². The van der Waals surface area contributed by atoms with Crippen LogP contribution in [0.5, 0.6) is 11.5 Å². The van der Waals surface area contributed by atoms with E-state index in [2.05, 4.69) is 105 Å². The van der Waals surface area contributed by atoms with E-state index >= 15 is 0 Å². The maximum atomic E-state index is 11.9. The highest BCUT2D eigenvalue weighted by Gasteiger charge is 2.27. The average Bonchev–Trinajstić information content (AvgIpc) is 3.76. The molecule has 0 saturated heterocycles. The number of hydrogen-bond donors (Lipinski definition) is 0. The summed E-state index contributed by atoms with van der Waals surface area (Å²) in [5.74, 6) is 1.10. The van der Waals surface area contributed by atoms with E-state index in [1.807, 2.05) is 32.9 Å². The van der Waals surface area contributed by atoms with Crippen LogP contribution in [-0.2, 0) is 27.1 Å². The van der Waals surface area contributed by atoms with E-state index in [-0.39, 0.29) is 12.2 Å². The lowest BCUT2D eigenvalue weighted by Crippen LogP contribution is -2.37. The third-order valence-corrected chi connectivity index (χ3v) is 11.2. The van der Waals surface area contributed by atoms with Crippen LogP contribution in [0.25, 0.3) is 41.1 Å². The van der Waals surface area contributed by atoms with Crippen molar-refractivity contribution in [3.8, 4) is 32.4 Å². The first kappa shape index (κ1) is 36.4. The number of aryl methyl sites for hydroxylation is 2. The fourth-order valence-electron chi connectivity index (χ4n) is 6.54. The van der Waals surface area contributed by atoms with Crippen molar-refractivity contribution in [3.05, 3.63) is 121 Å². The van der Waals surface area contributed by atoms with Crippen LogP contribution in [0.15, 0.2) is 110 Å². The molecule has 51 heavy (non-hydrogen) atoms. The predicted molar refractivity (Wildman–Crippen MR) is 214 cm³/mol. The summed E-state index contributed by atoms with van der Waals surface area (Å²) >= 11 is 3.56. The molecule has 0 aliphatic heterocycles. The SMILES string of the molecule is C=CC(=O)OC(C)(C)CC(C)OC(COc1ccc2cc(-c3ccccc3CC)sc2c1)COc1ccc2cc(-c3ccccc3CC)sc2c1. The Balaban J connectivity index is 1.18. The number of carbonyl (C=O) groups excluding carboxylic acids is 1. The number of thiophene rings is 2. The molecular formula is C44H46O5S2. The van der Waals surface area contributed by atoms with E-state index in [1.165, 1.54) is 58.3 Å². The minimum absolute atomic E-state index is 0.239. The summed E-state index contributed by atoms with van der Waals surface area (Å²) < 4.78 is 27.2. The Kier molecular flexibility index (Phi) is 11.6. The second kappa shape index (κ2) is 16.3. The van der Waals surface area contributed by atoms with E-state index in [4.69, 9.17) is 18.9 Å². The van der Waals surface area contributed by atoms with Crippen molar-refractivity contribution in [2.75, 3.05) is 13.2 Å². The lowest BCUT2D eigenvalue weighted by molar-refractivity contribution is -0.155. The van der Waals surface area contributed by atoms with Gasteiger partial charge in [0.2, 0.25) is 0 Å². The first-order chi connectivity index (χ1) is 24.6. The summed E-state index contributed by atoms with van der Waals surface area (Å²) in [6, 6.07) is 34.2. The Hall–Kier alpha value is -4.43. The maximum Gasteiger partial charge on any atom is 0.330 e. The standard InChI is InChI=1S/C44H46O5S2/c1-7-30-14-10-12-16-37(30)41-22-32-18-20-34(24-39(32)50-41)46-27-36(48-29(4)26-44(5,6)49-43(45)9-3)28-47-35-21-19-33-23-42(51-40(33)25-35)38-17-13-11-15-31(38)8-2/h9-25,29,36H,3,7-8,26-28H2,1-2,4-6H3. The molecule has 264 valence electrons. The van der Waals surface area contributed by atoms with Crippen LogP contribution in [0.1, 0.15) is 52.2 Å². The highest BCUT2D eigenvalue weighted by Crippen LogP contribution is 2.38. The molecule has 1 atom stereocenters. The van der Waals surface area contributed by atoms with E-state index in [0.717, 1.165) is 24.3 Å². The fourth-order valence-corrected chi connectivity index (χ4v) is 8.84. The molecule has 0 spiro atoms. The van der Waals surface area contributed by atoms with Gasteiger partial charge in [0, 0.05) is 31.7 Å². The number of carbonyl (C=O) groups is 1. The molecule has 0 fully saturated rings. The molecule has 0 amide bonds. The van der Waals surface area contributed by atoms with E-state index < -0.39 is 11.6 Å². The van der Waals surface area contributed by atoms with Crippen molar-refractivity contribution in [1.82, 2.24) is 0 Å². The minimum Gasteiger partial charge on any atom is -0.491 e. The number of benzene rings is 4. The third kappa shape index (κ3) is 9.09. The fraction of sp³-hybridized carbons (Fsp3) is 0.295. The molecule has 4 aromatic carbocycles. The summed E-state index contributed by atoms with van der Waals surface area (Å²) in [6.07, 6.45) is 3.03. The molecular weight excluding hydrogens is 673 g/mol. The van der Waals surface area contributed by atoms with Gasteiger partial charge in [-0.05, 0) is 115 Å². The molecule has 0 aliphatic carbocycles. The van der Waals surface area contributed by atoms with Crippen LogP contribution < -0.4 is 9.47 Å². The number of ether oxygens (including phenoxy) is 4. The molecule has 0 saturated carbocycles. The van der Waals surface area contributed by atoms with Gasteiger partial charge in [-0.1, -0.05) is 69.0 Å². The van der Waals surface area contributed by atoms with Crippen molar-refractivity contribution in [1.29, 1.82) is 0 Å². The molecule has 1 unspecified atom stereocenters. The first-order valence-electron chi connectivity index (χ1n) is 17.6. The molecule has 7 heteroatoms. The van der Waals surface area contributed by atoms with Crippen LogP contribution in [0, 0.1) is 0 Å². The van der Waals surface area contributed by atoms with Gasteiger partial charge in [0.1, 0.15) is 36.4 Å². The Bertz CT molecular complexity index is 1990. The number of fused-ring (bicyclic) bond motifs is 2. The number of esters is 1. The minimum atomic E-state index is -0.729. The van der Waals surface area contributed by atoms with Crippen LogP contribution >= 0.6 is 22.7 Å². The Labute approximate surface area is 309 Å². The summed E-state index contributed by atoms with van der Waals surface area (Å²) in [5, 5.41) is 2.39. The zero-order chi connectivity index (χ0) is 36.0. The quantitative estimate of drug-likeness (QED) is 0.0736. The largest absolute Gasteiger partial charge is 0.491 e. The van der Waals surface area contributed by atoms with Crippen molar-refractivity contribution < 1.29 is 23.7 Å². The molecule has 0 radical (unpaired) electrons. The van der Waals surface area contributed by atoms with Crippen LogP contribution in [0.4, 0.5) is 0 Å². The van der Waals surface area contributed by atoms with Gasteiger partial charge in [-0.15, -0.1) is 22.7 Å². The molecule has 6 rings (SSSR count). The lowest BCUT2D eigenvalue weighted by atomic mass is 10.0. The van der Waals surface area contributed by atoms with Crippen LogP contribution in [0.2, 0.25) is 0 Å². The second-order valence-corrected chi connectivity index (χ2v) is 15.6. The summed E-state index contributed by atoms with van der Waals surface area (Å²) in [4.78, 5) is 14.5. The van der Waals surface area contributed by atoms with Gasteiger partial charge in [0.15, 0.2) is 0 Å². The van der Waals surface area contributed by atoms with Gasteiger partial charge in [-0.3, -0.25) is 0 Å². The Morgan fingerprint density at radius 1 is 0.745 bits per heavy atom. The first-order valence-corrected chi connectivity index (χ1v) is 19.3. The van der Waals surface area contributed by atoms with E-state index in [9.17, 15) is 4.79 Å². The highest BCUT2D eigenvalue weighted by molar-refractivity contribution is 7.22. The molecule has 5 nitrogen and oxygen atoms in total. The maximum absolute atomic E-state index is 11.9. The van der Waals surface area contributed by atoms with Crippen molar-refractivity contribution in [2.24, 2.45) is 0 Å². The average molecular weight is 719 g/mol. The topological polar surface area (TPSA) is 54.0 Å². The summed E-state index contributed by atoms with van der Waals surface area (Å²) in [7, 11) is 0. The second-order valence-electron chi connectivity index (χ2n) is 13.4. The highest BCUT2D eigenvalue weighted by atomic mass is 32.1. The number of rotatable bonds is 16. The molecule has 0 bridgehead atoms. The van der Waals surface area contributed by atoms with Crippen molar-refractivity contribution >= 4 is 48.8 Å². The number of hydrogen-bond acceptors (Lipinski definition) is 7. The van der Waals surface area contributed by atoms with Gasteiger partial charge < -0.3 is 18.9 Å². The van der Waals surface area contributed by atoms with E-state index in [1.54, 1.807) is 22.7 Å². The van der Waals surface area contributed by atoms with E-state index in [0.29, 0.717) is 19.6 Å². The molecule has 2 aromatic heterocycles. The zero-order valence-electron chi connectivity index (χ0n) is 30.1. The molecule has 0 aliphatic rings. The monoisotopic (exact) mass is 718 g/mol. The third-order valence-electron chi connectivity index (χ3n) is 8.93. The summed E-state index contributed by atoms with van der Waals surface area (Å²) in [6.45, 7) is 14.2. The molecule has 2 heterocycles. The van der Waals surface area contributed by atoms with Gasteiger partial charge in [-0.2, -0.15) is 0 Å². The lowest BCUT2D eigenvalue weighted by Gasteiger charge is -2.30. The smallest absolute Gasteiger partial charge is 0.330 e. The Morgan fingerprint density at radius 2 is 1.24 bits per heavy atom.